The maximum atomic E-state index is 12.4. The van der Waals surface area contributed by atoms with Gasteiger partial charge in [-0.15, -0.1) is 0 Å². The molecule has 138 valence electrons. The molecule has 0 saturated carbocycles. The molecule has 1 aliphatic heterocycles. The Bertz CT molecular complexity index is 919. The number of hydrogen-bond donors (Lipinski definition) is 1. The van der Waals surface area contributed by atoms with Crippen molar-refractivity contribution in [1.82, 2.24) is 4.98 Å². The molecule has 6 nitrogen and oxygen atoms in total. The summed E-state index contributed by atoms with van der Waals surface area (Å²) in [5.41, 5.74) is 1.50. The van der Waals surface area contributed by atoms with Crippen LogP contribution in [0.1, 0.15) is 12.5 Å². The molecule has 1 aliphatic rings. The molecule has 0 spiro atoms. The van der Waals surface area contributed by atoms with E-state index >= 15 is 0 Å². The number of aliphatic hydroxyl groups is 1. The van der Waals surface area contributed by atoms with Gasteiger partial charge in [-0.2, -0.15) is 0 Å². The molecule has 0 fully saturated rings. The number of pyridine rings is 1. The Morgan fingerprint density at radius 2 is 2.07 bits per heavy atom. The van der Waals surface area contributed by atoms with Gasteiger partial charge in [0.15, 0.2) is 0 Å². The average Bonchev–Trinajstić information content (AvgIpc) is 2.98. The molecule has 0 amide bonds. The van der Waals surface area contributed by atoms with Gasteiger partial charge < -0.3 is 14.6 Å². The van der Waals surface area contributed by atoms with Gasteiger partial charge in [-0.1, -0.05) is 17.8 Å². The summed E-state index contributed by atoms with van der Waals surface area (Å²) in [7, 11) is 1.59. The Hall–Kier alpha value is -3.06. The number of methoxy groups -OCH3 is 1. The number of hydrogen-bond acceptors (Lipinski definition) is 7. The number of thioether (sulfide) groups is 1. The first-order valence-electron chi connectivity index (χ1n) is 8.25. The normalized spacial score (nSPS) is 16.8. The third kappa shape index (κ3) is 4.38. The maximum absolute atomic E-state index is 12.4. The van der Waals surface area contributed by atoms with Gasteiger partial charge in [-0.05, 0) is 48.9 Å². The summed E-state index contributed by atoms with van der Waals surface area (Å²) in [6.07, 6.45) is 5.09. The van der Waals surface area contributed by atoms with Crippen LogP contribution in [-0.2, 0) is 9.53 Å². The van der Waals surface area contributed by atoms with Crippen molar-refractivity contribution in [3.8, 4) is 5.75 Å². The summed E-state index contributed by atoms with van der Waals surface area (Å²) >= 11 is 1.21. The zero-order valence-electron chi connectivity index (χ0n) is 14.9. The number of benzene rings is 1. The molecular weight excluding hydrogens is 364 g/mol. The maximum Gasteiger partial charge on any atom is 0.344 e. The van der Waals surface area contributed by atoms with Crippen LogP contribution in [0.15, 0.2) is 70.0 Å². The van der Waals surface area contributed by atoms with E-state index in [0.29, 0.717) is 21.4 Å². The summed E-state index contributed by atoms with van der Waals surface area (Å²) in [6.45, 7) is 1.92. The molecule has 1 aromatic carbocycles. The molecule has 27 heavy (non-hydrogen) atoms. The van der Waals surface area contributed by atoms with Gasteiger partial charge in [0, 0.05) is 12.4 Å². The molecule has 0 bridgehead atoms. The average molecular weight is 382 g/mol. The number of esters is 1. The van der Waals surface area contributed by atoms with E-state index in [0.717, 1.165) is 5.56 Å². The molecule has 7 heteroatoms. The van der Waals surface area contributed by atoms with E-state index in [1.54, 1.807) is 62.8 Å². The zero-order chi connectivity index (χ0) is 19.2. The predicted octanol–water partition coefficient (Wildman–Crippen LogP) is 4.28. The molecule has 0 radical (unpaired) electrons. The van der Waals surface area contributed by atoms with Crippen LogP contribution in [0, 0.1) is 0 Å². The third-order valence-corrected chi connectivity index (χ3v) is 4.68. The Labute approximate surface area is 161 Å². The van der Waals surface area contributed by atoms with E-state index in [9.17, 15) is 9.90 Å². The number of aliphatic hydroxyl groups excluding tert-OH is 1. The van der Waals surface area contributed by atoms with Gasteiger partial charge in [-0.25, -0.2) is 9.79 Å². The minimum absolute atomic E-state index is 0.0628. The Balaban J connectivity index is 2.00. The highest BCUT2D eigenvalue weighted by molar-refractivity contribution is 8.18. The SMILES string of the molecule is CCOC(=O)C1=C(O)C(=Cc2cccnc2)SC1=Nc1ccc(OC)cc1. The predicted molar refractivity (Wildman–Crippen MR) is 106 cm³/mol. The smallest absolute Gasteiger partial charge is 0.344 e. The summed E-state index contributed by atoms with van der Waals surface area (Å²) in [6, 6.07) is 10.8. The molecule has 2 aromatic rings. The van der Waals surface area contributed by atoms with Crippen LogP contribution >= 0.6 is 11.8 Å². The van der Waals surface area contributed by atoms with Crippen LogP contribution in [0.4, 0.5) is 5.69 Å². The van der Waals surface area contributed by atoms with Crippen molar-refractivity contribution in [2.75, 3.05) is 13.7 Å². The molecular formula is C20H18N2O4S. The van der Waals surface area contributed by atoms with E-state index in [4.69, 9.17) is 9.47 Å². The minimum Gasteiger partial charge on any atom is -0.506 e. The van der Waals surface area contributed by atoms with Gasteiger partial charge >= 0.3 is 5.97 Å². The highest BCUT2D eigenvalue weighted by Gasteiger charge is 2.33. The number of aromatic nitrogens is 1. The monoisotopic (exact) mass is 382 g/mol. The van der Waals surface area contributed by atoms with E-state index in [2.05, 4.69) is 9.98 Å². The minimum atomic E-state index is -0.607. The molecule has 1 N–H and O–H groups in total. The molecule has 3 rings (SSSR count). The van der Waals surface area contributed by atoms with E-state index in [-0.39, 0.29) is 17.9 Å². The van der Waals surface area contributed by atoms with Gasteiger partial charge in [0.1, 0.15) is 22.1 Å². The van der Waals surface area contributed by atoms with Crippen molar-refractivity contribution in [3.63, 3.8) is 0 Å². The number of nitrogens with zero attached hydrogens (tertiary/aromatic N) is 2. The lowest BCUT2D eigenvalue weighted by Gasteiger charge is -2.04. The number of aliphatic imine (C=N–C) groups is 1. The van der Waals surface area contributed by atoms with Crippen LogP contribution in [-0.4, -0.2) is 34.8 Å². The molecule has 2 heterocycles. The fraction of sp³-hybridized carbons (Fsp3) is 0.150. The summed E-state index contributed by atoms with van der Waals surface area (Å²) in [5.74, 6) is -0.0434. The second-order valence-electron chi connectivity index (χ2n) is 5.46. The standard InChI is InChI=1S/C20H18N2O4S/c1-3-26-20(24)17-18(23)16(11-13-5-4-10-21-12-13)27-19(17)22-14-6-8-15(25-2)9-7-14/h4-12,23H,3H2,1-2H3. The second kappa shape index (κ2) is 8.55. The molecule has 1 aromatic heterocycles. The zero-order valence-corrected chi connectivity index (χ0v) is 15.7. The van der Waals surface area contributed by atoms with Crippen LogP contribution in [0.2, 0.25) is 0 Å². The summed E-state index contributed by atoms with van der Waals surface area (Å²) in [5, 5.41) is 11.0. The Morgan fingerprint density at radius 3 is 2.70 bits per heavy atom. The lowest BCUT2D eigenvalue weighted by atomic mass is 10.2. The van der Waals surface area contributed by atoms with Crippen molar-refractivity contribution in [2.24, 2.45) is 4.99 Å². The topological polar surface area (TPSA) is 81.0 Å². The summed E-state index contributed by atoms with van der Waals surface area (Å²) < 4.78 is 10.2. The Kier molecular flexibility index (Phi) is 5.93. The largest absolute Gasteiger partial charge is 0.506 e. The van der Waals surface area contributed by atoms with Crippen LogP contribution in [0.5, 0.6) is 5.75 Å². The van der Waals surface area contributed by atoms with Gasteiger partial charge in [-0.3, -0.25) is 4.98 Å². The first kappa shape index (κ1) is 18.7. The van der Waals surface area contributed by atoms with Gasteiger partial charge in [0.05, 0.1) is 24.3 Å². The van der Waals surface area contributed by atoms with Gasteiger partial charge in [0.25, 0.3) is 0 Å². The highest BCUT2D eigenvalue weighted by atomic mass is 32.2. The van der Waals surface area contributed by atoms with Crippen LogP contribution in [0.3, 0.4) is 0 Å². The third-order valence-electron chi connectivity index (χ3n) is 3.66. The first-order valence-corrected chi connectivity index (χ1v) is 9.07. The quantitative estimate of drug-likeness (QED) is 0.777. The number of rotatable bonds is 5. The first-order chi connectivity index (χ1) is 13.1. The van der Waals surface area contributed by atoms with Crippen molar-refractivity contribution in [3.05, 3.63) is 70.6 Å². The summed E-state index contributed by atoms with van der Waals surface area (Å²) in [4.78, 5) is 21.4. The lowest BCUT2D eigenvalue weighted by Crippen LogP contribution is -2.12. The molecule has 0 unspecified atom stereocenters. The fourth-order valence-electron chi connectivity index (χ4n) is 2.38. The highest BCUT2D eigenvalue weighted by Crippen LogP contribution is 2.40. The molecule has 0 aliphatic carbocycles. The van der Waals surface area contributed by atoms with E-state index in [1.165, 1.54) is 11.8 Å². The van der Waals surface area contributed by atoms with Crippen LogP contribution in [0.25, 0.3) is 6.08 Å². The molecule has 0 atom stereocenters. The number of carbonyl (C=O) groups excluding carboxylic acids is 1. The van der Waals surface area contributed by atoms with Crippen molar-refractivity contribution in [1.29, 1.82) is 0 Å². The fourth-order valence-corrected chi connectivity index (χ4v) is 3.41. The lowest BCUT2D eigenvalue weighted by molar-refractivity contribution is -0.138. The Morgan fingerprint density at radius 1 is 1.30 bits per heavy atom. The van der Waals surface area contributed by atoms with Crippen molar-refractivity contribution >= 4 is 34.5 Å². The van der Waals surface area contributed by atoms with Gasteiger partial charge in [0.2, 0.25) is 0 Å². The van der Waals surface area contributed by atoms with E-state index < -0.39 is 5.97 Å². The van der Waals surface area contributed by atoms with Crippen molar-refractivity contribution < 1.29 is 19.4 Å². The van der Waals surface area contributed by atoms with E-state index in [1.807, 2.05) is 6.07 Å². The number of ether oxygens (including phenoxy) is 2. The number of carbonyl (C=O) groups is 1. The molecule has 0 saturated heterocycles. The van der Waals surface area contributed by atoms with Crippen molar-refractivity contribution in [2.45, 2.75) is 6.92 Å². The van der Waals surface area contributed by atoms with Crippen LogP contribution < -0.4 is 4.74 Å². The second-order valence-corrected chi connectivity index (χ2v) is 6.49.